The van der Waals surface area contributed by atoms with Gasteiger partial charge in [-0.05, 0) is 76.9 Å². The summed E-state index contributed by atoms with van der Waals surface area (Å²) in [6.45, 7) is 1.77. The third-order valence-electron chi connectivity index (χ3n) is 5.45. The highest BCUT2D eigenvalue weighted by molar-refractivity contribution is 9.10. The van der Waals surface area contributed by atoms with Crippen molar-refractivity contribution >= 4 is 44.5 Å². The van der Waals surface area contributed by atoms with Crippen molar-refractivity contribution < 1.29 is 23.2 Å². The van der Waals surface area contributed by atoms with Crippen molar-refractivity contribution in [2.24, 2.45) is 0 Å². The summed E-state index contributed by atoms with van der Waals surface area (Å²) in [4.78, 5) is 35.1. The Morgan fingerprint density at radius 1 is 0.917 bits per heavy atom. The second-order valence-electron chi connectivity index (χ2n) is 7.85. The minimum Gasteiger partial charge on any atom is -0.463 e. The summed E-state index contributed by atoms with van der Waals surface area (Å²) in [7, 11) is 0. The van der Waals surface area contributed by atoms with E-state index in [1.54, 1.807) is 74.0 Å². The molecule has 0 saturated heterocycles. The minimum absolute atomic E-state index is 0.250. The molecule has 1 amide bonds. The Bertz CT molecular complexity index is 1530. The van der Waals surface area contributed by atoms with Gasteiger partial charge in [-0.1, -0.05) is 19.1 Å². The highest BCUT2D eigenvalue weighted by Gasteiger charge is 2.24. The normalized spacial score (nSPS) is 11.8. The number of aromatic nitrogens is 2. The highest BCUT2D eigenvalue weighted by Crippen LogP contribution is 2.32. The van der Waals surface area contributed by atoms with E-state index < -0.39 is 18.0 Å². The van der Waals surface area contributed by atoms with E-state index in [2.05, 4.69) is 21.2 Å². The summed E-state index contributed by atoms with van der Waals surface area (Å²) in [5, 5.41) is 2.79. The topological polar surface area (TPSA) is 107 Å². The molecule has 9 heteroatoms. The molecule has 1 N–H and O–H groups in total. The Balaban J connectivity index is 1.42. The first-order valence-corrected chi connectivity index (χ1v) is 12.0. The lowest BCUT2D eigenvalue weighted by molar-refractivity contribution is -0.124. The van der Waals surface area contributed by atoms with Gasteiger partial charge in [0.2, 0.25) is 0 Å². The third kappa shape index (κ3) is 4.78. The van der Waals surface area contributed by atoms with Crippen LogP contribution in [0.25, 0.3) is 33.9 Å². The number of carbonyl (C=O) groups excluding carboxylic acids is 2. The lowest BCUT2D eigenvalue weighted by Crippen LogP contribution is -2.32. The first kappa shape index (κ1) is 23.5. The maximum Gasteiger partial charge on any atom is 0.338 e. The molecule has 0 aliphatic rings. The lowest BCUT2D eigenvalue weighted by atomic mass is 10.1. The van der Waals surface area contributed by atoms with Crippen LogP contribution in [0.3, 0.4) is 0 Å². The predicted molar refractivity (Wildman–Crippen MR) is 137 cm³/mol. The maximum absolute atomic E-state index is 13.0. The molecule has 8 nitrogen and oxygen atoms in total. The summed E-state index contributed by atoms with van der Waals surface area (Å²) in [5.74, 6) is 0.00345. The van der Waals surface area contributed by atoms with Gasteiger partial charge in [-0.2, -0.15) is 0 Å². The van der Waals surface area contributed by atoms with Gasteiger partial charge in [0.1, 0.15) is 11.4 Å². The van der Waals surface area contributed by atoms with E-state index in [-0.39, 0.29) is 5.56 Å². The van der Waals surface area contributed by atoms with E-state index >= 15 is 0 Å². The number of carbonyl (C=O) groups is 2. The number of halogens is 1. The number of para-hydroxylation sites is 1. The van der Waals surface area contributed by atoms with Crippen LogP contribution in [0.2, 0.25) is 0 Å². The summed E-state index contributed by atoms with van der Waals surface area (Å²) in [6, 6.07) is 19.2. The lowest BCUT2D eigenvalue weighted by Gasteiger charge is -2.17. The van der Waals surface area contributed by atoms with E-state index in [0.29, 0.717) is 46.0 Å². The van der Waals surface area contributed by atoms with Crippen molar-refractivity contribution in [1.82, 2.24) is 9.97 Å². The summed E-state index contributed by atoms with van der Waals surface area (Å²) in [5.41, 5.74) is 2.87. The van der Waals surface area contributed by atoms with Crippen molar-refractivity contribution in [2.45, 2.75) is 19.4 Å². The van der Waals surface area contributed by atoms with Crippen molar-refractivity contribution in [3.63, 3.8) is 0 Å². The van der Waals surface area contributed by atoms with Crippen LogP contribution in [0, 0.1) is 0 Å². The largest absolute Gasteiger partial charge is 0.463 e. The van der Waals surface area contributed by atoms with Crippen LogP contribution in [0.4, 0.5) is 5.69 Å². The minimum atomic E-state index is -0.966. The zero-order valence-corrected chi connectivity index (χ0v) is 20.7. The molecule has 0 radical (unpaired) electrons. The number of amides is 1. The molecule has 1 unspecified atom stereocenters. The molecule has 0 bridgehead atoms. The van der Waals surface area contributed by atoms with Crippen LogP contribution >= 0.6 is 15.9 Å². The Morgan fingerprint density at radius 3 is 2.19 bits per heavy atom. The monoisotopic (exact) mass is 545 g/mol. The smallest absolute Gasteiger partial charge is 0.338 e. The van der Waals surface area contributed by atoms with E-state index in [4.69, 9.17) is 23.5 Å². The first-order chi connectivity index (χ1) is 17.5. The highest BCUT2D eigenvalue weighted by atomic mass is 79.9. The van der Waals surface area contributed by atoms with Gasteiger partial charge in [0.15, 0.2) is 17.6 Å². The van der Waals surface area contributed by atoms with Crippen LogP contribution in [0.5, 0.6) is 0 Å². The molecule has 3 aromatic heterocycles. The van der Waals surface area contributed by atoms with Gasteiger partial charge in [0, 0.05) is 4.47 Å². The third-order valence-corrected chi connectivity index (χ3v) is 6.14. The number of benzene rings is 2. The molecular formula is C27H20BrN3O5. The van der Waals surface area contributed by atoms with E-state index in [1.807, 2.05) is 12.1 Å². The summed E-state index contributed by atoms with van der Waals surface area (Å²) in [6.07, 6.45) is 2.45. The van der Waals surface area contributed by atoms with Crippen molar-refractivity contribution in [3.8, 4) is 22.9 Å². The fraction of sp³-hybridized carbons (Fsp3) is 0.111. The first-order valence-electron chi connectivity index (χ1n) is 11.2. The second kappa shape index (κ2) is 10.2. The van der Waals surface area contributed by atoms with Crippen LogP contribution < -0.4 is 5.32 Å². The average molecular weight is 546 g/mol. The van der Waals surface area contributed by atoms with Gasteiger partial charge in [-0.25, -0.2) is 14.8 Å². The Labute approximate surface area is 214 Å². The molecule has 180 valence electrons. The molecule has 5 aromatic rings. The number of hydrogen-bond acceptors (Lipinski definition) is 7. The van der Waals surface area contributed by atoms with E-state index in [9.17, 15) is 9.59 Å². The molecule has 36 heavy (non-hydrogen) atoms. The second-order valence-corrected chi connectivity index (χ2v) is 8.70. The molecule has 1 atom stereocenters. The van der Waals surface area contributed by atoms with Crippen molar-refractivity contribution in [3.05, 3.63) is 89.3 Å². The Morgan fingerprint density at radius 2 is 1.58 bits per heavy atom. The summed E-state index contributed by atoms with van der Waals surface area (Å²) >= 11 is 3.40. The molecule has 0 fully saturated rings. The molecule has 5 rings (SSSR count). The van der Waals surface area contributed by atoms with E-state index in [1.165, 1.54) is 0 Å². The van der Waals surface area contributed by atoms with Gasteiger partial charge >= 0.3 is 5.97 Å². The average Bonchev–Trinajstić information content (AvgIpc) is 3.62. The Hall–Kier alpha value is -4.24. The van der Waals surface area contributed by atoms with Gasteiger partial charge in [0.25, 0.3) is 5.91 Å². The number of furan rings is 2. The Kier molecular flexibility index (Phi) is 6.64. The SMILES string of the molecule is CCC(OC(=O)c1ccc2nc(-c3ccco3)c(-c3ccco3)nc2c1)C(=O)Nc1ccccc1Br. The number of rotatable bonds is 7. The van der Waals surface area contributed by atoms with Crippen LogP contribution in [0.15, 0.2) is 92.6 Å². The number of anilines is 1. The van der Waals surface area contributed by atoms with Gasteiger partial charge in [-0.3, -0.25) is 4.79 Å². The molecule has 3 heterocycles. The fourth-order valence-electron chi connectivity index (χ4n) is 3.65. The predicted octanol–water partition coefficient (Wildman–Crippen LogP) is 6.49. The van der Waals surface area contributed by atoms with E-state index in [0.717, 1.165) is 4.47 Å². The van der Waals surface area contributed by atoms with Gasteiger partial charge in [-0.15, -0.1) is 0 Å². The fourth-order valence-corrected chi connectivity index (χ4v) is 4.03. The van der Waals surface area contributed by atoms with Crippen molar-refractivity contribution in [2.75, 3.05) is 5.32 Å². The zero-order valence-electron chi connectivity index (χ0n) is 19.1. The molecular weight excluding hydrogens is 526 g/mol. The van der Waals surface area contributed by atoms with Crippen molar-refractivity contribution in [1.29, 1.82) is 0 Å². The number of hydrogen-bond donors (Lipinski definition) is 1. The molecule has 0 aliphatic carbocycles. The maximum atomic E-state index is 13.0. The number of nitrogens with zero attached hydrogens (tertiary/aromatic N) is 2. The van der Waals surface area contributed by atoms with Crippen LogP contribution in [-0.4, -0.2) is 27.9 Å². The van der Waals surface area contributed by atoms with Crippen LogP contribution in [0.1, 0.15) is 23.7 Å². The quantitative estimate of drug-likeness (QED) is 0.233. The van der Waals surface area contributed by atoms with Crippen LogP contribution in [-0.2, 0) is 9.53 Å². The number of fused-ring (bicyclic) bond motifs is 1. The van der Waals surface area contributed by atoms with Gasteiger partial charge < -0.3 is 18.9 Å². The number of ether oxygens (including phenoxy) is 1. The number of nitrogens with one attached hydrogen (secondary N) is 1. The zero-order chi connectivity index (χ0) is 25.1. The standard InChI is InChI=1S/C27H20BrN3O5/c1-2-21(26(32)31-18-8-4-3-7-17(18)28)36-27(33)16-11-12-19-20(15-16)30-25(23-10-6-14-35-23)24(29-19)22-9-5-13-34-22/h3-15,21H,2H2,1H3,(H,31,32). The molecule has 0 spiro atoms. The summed E-state index contributed by atoms with van der Waals surface area (Å²) < 4.78 is 17.4. The molecule has 2 aromatic carbocycles. The van der Waals surface area contributed by atoms with Gasteiger partial charge in [0.05, 0.1) is 34.8 Å². The number of esters is 1. The molecule has 0 saturated carbocycles. The molecule has 0 aliphatic heterocycles.